The number of aromatic nitrogens is 1. The molecule has 3 heterocycles. The first-order chi connectivity index (χ1) is 16.1. The van der Waals surface area contributed by atoms with Gasteiger partial charge in [0.2, 0.25) is 0 Å². The van der Waals surface area contributed by atoms with E-state index in [2.05, 4.69) is 10.3 Å². The maximum Gasteiger partial charge on any atom is 0.322 e. The number of benzene rings is 2. The molecule has 2 aliphatic heterocycles. The van der Waals surface area contributed by atoms with Gasteiger partial charge < -0.3 is 29.4 Å². The number of anilines is 1. The number of urea groups is 1. The lowest BCUT2D eigenvalue weighted by atomic mass is 10.1. The minimum absolute atomic E-state index is 0.0703. The topological polar surface area (TPSA) is 92.9 Å². The van der Waals surface area contributed by atoms with Gasteiger partial charge in [0.1, 0.15) is 13.2 Å². The Labute approximate surface area is 195 Å². The molecule has 1 atom stereocenters. The van der Waals surface area contributed by atoms with Crippen molar-refractivity contribution >= 4 is 34.2 Å². The molecule has 0 saturated carbocycles. The molecule has 2 amide bonds. The number of pyridine rings is 1. The van der Waals surface area contributed by atoms with Crippen LogP contribution in [0.3, 0.4) is 0 Å². The van der Waals surface area contributed by atoms with Crippen LogP contribution in [0.2, 0.25) is 5.02 Å². The van der Waals surface area contributed by atoms with E-state index in [1.54, 1.807) is 41.3 Å². The smallest absolute Gasteiger partial charge is 0.322 e. The molecular formula is C24H24ClN3O5. The van der Waals surface area contributed by atoms with Gasteiger partial charge in [-0.25, -0.2) is 4.79 Å². The number of H-pyrrole nitrogens is 1. The highest BCUT2D eigenvalue weighted by Gasteiger charge is 2.24. The maximum absolute atomic E-state index is 13.2. The molecule has 0 aliphatic carbocycles. The van der Waals surface area contributed by atoms with E-state index in [-0.39, 0.29) is 24.2 Å². The average Bonchev–Trinajstić information content (AvgIpc) is 3.32. The number of hydrogen-bond acceptors (Lipinski definition) is 5. The van der Waals surface area contributed by atoms with Crippen LogP contribution in [0, 0.1) is 0 Å². The van der Waals surface area contributed by atoms with Gasteiger partial charge in [-0.1, -0.05) is 23.7 Å². The third-order valence-electron chi connectivity index (χ3n) is 5.80. The number of carbonyl (C=O) groups excluding carboxylic acids is 1. The molecule has 2 N–H and O–H groups in total. The molecular weight excluding hydrogens is 446 g/mol. The Bertz CT molecular complexity index is 1240. The zero-order valence-corrected chi connectivity index (χ0v) is 18.7. The van der Waals surface area contributed by atoms with E-state index in [1.165, 1.54) is 0 Å². The summed E-state index contributed by atoms with van der Waals surface area (Å²) in [6.45, 7) is 2.12. The number of rotatable bonds is 5. The Morgan fingerprint density at radius 1 is 1.12 bits per heavy atom. The number of nitrogens with one attached hydrogen (secondary N) is 2. The summed E-state index contributed by atoms with van der Waals surface area (Å²) in [4.78, 5) is 30.5. The number of amides is 2. The van der Waals surface area contributed by atoms with Crippen LogP contribution in [0.25, 0.3) is 10.9 Å². The van der Waals surface area contributed by atoms with Crippen LogP contribution < -0.4 is 20.3 Å². The van der Waals surface area contributed by atoms with E-state index in [9.17, 15) is 9.59 Å². The highest BCUT2D eigenvalue weighted by Crippen LogP contribution is 2.33. The van der Waals surface area contributed by atoms with Gasteiger partial charge in [0, 0.05) is 30.2 Å². The van der Waals surface area contributed by atoms with Gasteiger partial charge in [0.15, 0.2) is 11.5 Å². The summed E-state index contributed by atoms with van der Waals surface area (Å²) >= 11 is 6.22. The second kappa shape index (κ2) is 9.33. The maximum atomic E-state index is 13.2. The summed E-state index contributed by atoms with van der Waals surface area (Å²) in [5.74, 6) is 1.25. The van der Waals surface area contributed by atoms with E-state index >= 15 is 0 Å². The van der Waals surface area contributed by atoms with Crippen molar-refractivity contribution in [3.63, 3.8) is 0 Å². The van der Waals surface area contributed by atoms with Crippen LogP contribution in [-0.2, 0) is 11.3 Å². The van der Waals surface area contributed by atoms with Gasteiger partial charge in [-0.05, 0) is 37.1 Å². The van der Waals surface area contributed by atoms with Crippen molar-refractivity contribution in [3.05, 3.63) is 63.4 Å². The summed E-state index contributed by atoms with van der Waals surface area (Å²) in [6, 6.07) is 12.1. The number of hydrogen-bond donors (Lipinski definition) is 2. The normalized spacial score (nSPS) is 17.2. The quantitative estimate of drug-likeness (QED) is 0.585. The number of halogens is 1. The van der Waals surface area contributed by atoms with E-state index in [0.717, 1.165) is 18.2 Å². The summed E-state index contributed by atoms with van der Waals surface area (Å²) < 4.78 is 17.0. The number of nitrogens with zero attached hydrogens (tertiary/aromatic N) is 1. The van der Waals surface area contributed by atoms with Gasteiger partial charge >= 0.3 is 6.03 Å². The highest BCUT2D eigenvalue weighted by molar-refractivity contribution is 6.33. The Morgan fingerprint density at radius 2 is 1.91 bits per heavy atom. The SMILES string of the molecule is O=C(Nc1ccccc1Cl)N(Cc1cc2cc3c(cc2[nH]c1=O)OCCO3)C[C@@H]1CCCO1. The van der Waals surface area contributed by atoms with Crippen LogP contribution in [-0.4, -0.2) is 48.4 Å². The Balaban J connectivity index is 1.43. The van der Waals surface area contributed by atoms with Crippen molar-refractivity contribution < 1.29 is 19.0 Å². The van der Waals surface area contributed by atoms with Gasteiger partial charge in [-0.2, -0.15) is 0 Å². The Morgan fingerprint density at radius 3 is 2.67 bits per heavy atom. The molecule has 1 fully saturated rings. The highest BCUT2D eigenvalue weighted by atomic mass is 35.5. The number of ether oxygens (including phenoxy) is 3. The number of para-hydroxylation sites is 1. The van der Waals surface area contributed by atoms with Crippen LogP contribution in [0.4, 0.5) is 10.5 Å². The summed E-state index contributed by atoms with van der Waals surface area (Å²) in [6.07, 6.45) is 1.75. The zero-order valence-electron chi connectivity index (χ0n) is 17.9. The van der Waals surface area contributed by atoms with Crippen molar-refractivity contribution in [2.24, 2.45) is 0 Å². The second-order valence-corrected chi connectivity index (χ2v) is 8.54. The molecule has 0 unspecified atom stereocenters. The molecule has 1 saturated heterocycles. The molecule has 0 spiro atoms. The third-order valence-corrected chi connectivity index (χ3v) is 6.13. The van der Waals surface area contributed by atoms with Crippen molar-refractivity contribution in [1.82, 2.24) is 9.88 Å². The predicted molar refractivity (Wildman–Crippen MR) is 125 cm³/mol. The molecule has 5 rings (SSSR count). The van der Waals surface area contributed by atoms with E-state index in [4.69, 9.17) is 25.8 Å². The van der Waals surface area contributed by atoms with Gasteiger partial charge in [-0.15, -0.1) is 0 Å². The van der Waals surface area contributed by atoms with Gasteiger partial charge in [-0.3, -0.25) is 4.79 Å². The summed E-state index contributed by atoms with van der Waals surface area (Å²) in [5.41, 5.74) is 1.37. The zero-order chi connectivity index (χ0) is 22.8. The minimum atomic E-state index is -0.347. The molecule has 2 aliphatic rings. The molecule has 8 nitrogen and oxygen atoms in total. The van der Waals surface area contributed by atoms with Crippen LogP contribution in [0.5, 0.6) is 11.5 Å². The first-order valence-electron chi connectivity index (χ1n) is 10.9. The summed E-state index contributed by atoms with van der Waals surface area (Å²) in [5, 5.41) is 4.10. The molecule has 172 valence electrons. The fourth-order valence-electron chi connectivity index (χ4n) is 4.12. The standard InChI is InChI=1S/C24H24ClN3O5/c25-18-5-1-2-6-19(18)27-24(30)28(14-17-4-3-7-31-17)13-16-10-15-11-21-22(33-9-8-32-21)12-20(15)26-23(16)29/h1-2,5-6,10-12,17H,3-4,7-9,13-14H2,(H,26,29)(H,27,30)/t17-/m0/s1. The first kappa shape index (κ1) is 21.6. The Hall–Kier alpha value is -3.23. The molecule has 0 radical (unpaired) electrons. The molecule has 3 aromatic rings. The number of fused-ring (bicyclic) bond motifs is 2. The molecule has 9 heteroatoms. The molecule has 0 bridgehead atoms. The average molecular weight is 470 g/mol. The lowest BCUT2D eigenvalue weighted by Gasteiger charge is -2.26. The fourth-order valence-corrected chi connectivity index (χ4v) is 4.30. The van der Waals surface area contributed by atoms with Crippen LogP contribution in [0.1, 0.15) is 18.4 Å². The minimum Gasteiger partial charge on any atom is -0.486 e. The first-order valence-corrected chi connectivity index (χ1v) is 11.3. The van der Waals surface area contributed by atoms with Crippen molar-refractivity contribution in [3.8, 4) is 11.5 Å². The second-order valence-electron chi connectivity index (χ2n) is 8.13. The van der Waals surface area contributed by atoms with E-state index < -0.39 is 0 Å². The van der Waals surface area contributed by atoms with E-state index in [0.29, 0.717) is 59.7 Å². The third kappa shape index (κ3) is 4.77. The monoisotopic (exact) mass is 469 g/mol. The molecule has 33 heavy (non-hydrogen) atoms. The molecule has 1 aromatic heterocycles. The van der Waals surface area contributed by atoms with Crippen molar-refractivity contribution in [2.45, 2.75) is 25.5 Å². The predicted octanol–water partition coefficient (Wildman–Crippen LogP) is 4.17. The van der Waals surface area contributed by atoms with E-state index in [1.807, 2.05) is 6.07 Å². The number of aromatic amines is 1. The van der Waals surface area contributed by atoms with Crippen LogP contribution in [0.15, 0.2) is 47.3 Å². The number of carbonyl (C=O) groups is 1. The lowest BCUT2D eigenvalue weighted by Crippen LogP contribution is -2.40. The van der Waals surface area contributed by atoms with Crippen LogP contribution >= 0.6 is 11.6 Å². The Kier molecular flexibility index (Phi) is 6.11. The lowest BCUT2D eigenvalue weighted by molar-refractivity contribution is 0.0818. The summed E-state index contributed by atoms with van der Waals surface area (Å²) in [7, 11) is 0. The largest absolute Gasteiger partial charge is 0.486 e. The van der Waals surface area contributed by atoms with Crippen molar-refractivity contribution in [1.29, 1.82) is 0 Å². The van der Waals surface area contributed by atoms with Gasteiger partial charge in [0.25, 0.3) is 5.56 Å². The fraction of sp³-hybridized carbons (Fsp3) is 0.333. The van der Waals surface area contributed by atoms with Gasteiger partial charge in [0.05, 0.1) is 28.9 Å². The van der Waals surface area contributed by atoms with Crippen molar-refractivity contribution in [2.75, 3.05) is 31.7 Å². The molecule has 2 aromatic carbocycles.